The van der Waals surface area contributed by atoms with Crippen LogP contribution in [0.25, 0.3) is 17.0 Å². The summed E-state index contributed by atoms with van der Waals surface area (Å²) in [5.41, 5.74) is 1.03. The number of benzene rings is 1. The van der Waals surface area contributed by atoms with Gasteiger partial charge >= 0.3 is 5.97 Å². The number of fused-ring (bicyclic) bond motifs is 3. The van der Waals surface area contributed by atoms with Crippen LogP contribution in [0.5, 0.6) is 5.75 Å². The number of ether oxygens (including phenoxy) is 1. The van der Waals surface area contributed by atoms with Crippen molar-refractivity contribution in [1.29, 1.82) is 0 Å². The van der Waals surface area contributed by atoms with Crippen LogP contribution in [0.2, 0.25) is 0 Å². The van der Waals surface area contributed by atoms with Crippen LogP contribution >= 0.6 is 0 Å². The molecule has 1 aliphatic rings. The largest absolute Gasteiger partial charge is 0.480 e. The molecule has 0 radical (unpaired) electrons. The van der Waals surface area contributed by atoms with Crippen molar-refractivity contribution in [2.24, 2.45) is 0 Å². The topological polar surface area (TPSA) is 82.5 Å². The standard InChI is InChI=1S/C14H13NO4/c1-14(7-16)5-4-9-11(19-14)3-2-8-10(13(17)18)6-15-12(8)9/h2-6,15-16H,7H2,1H3,(H,17,18). The Morgan fingerprint density at radius 3 is 2.95 bits per heavy atom. The molecule has 2 heterocycles. The summed E-state index contributed by atoms with van der Waals surface area (Å²) in [6.45, 7) is 1.67. The van der Waals surface area contributed by atoms with E-state index >= 15 is 0 Å². The molecule has 0 amide bonds. The molecule has 0 aliphatic carbocycles. The Balaban J connectivity index is 2.20. The minimum absolute atomic E-state index is 0.119. The Labute approximate surface area is 109 Å². The lowest BCUT2D eigenvalue weighted by atomic mass is 9.99. The number of rotatable bonds is 2. The van der Waals surface area contributed by atoms with Gasteiger partial charge in [-0.05, 0) is 31.2 Å². The van der Waals surface area contributed by atoms with Gasteiger partial charge in [0.25, 0.3) is 0 Å². The molecule has 5 heteroatoms. The summed E-state index contributed by atoms with van der Waals surface area (Å²) in [5.74, 6) is -0.336. The van der Waals surface area contributed by atoms with Crippen molar-refractivity contribution in [2.75, 3.05) is 6.61 Å². The maximum atomic E-state index is 11.1. The average molecular weight is 259 g/mol. The molecule has 0 saturated carbocycles. The van der Waals surface area contributed by atoms with E-state index in [4.69, 9.17) is 9.84 Å². The molecule has 0 spiro atoms. The Hall–Kier alpha value is -2.27. The zero-order chi connectivity index (χ0) is 13.6. The van der Waals surface area contributed by atoms with Crippen molar-refractivity contribution < 1.29 is 19.7 Å². The Morgan fingerprint density at radius 2 is 2.26 bits per heavy atom. The highest BCUT2D eigenvalue weighted by atomic mass is 16.5. The number of carboxylic acid groups (broad SMARTS) is 1. The van der Waals surface area contributed by atoms with Crippen molar-refractivity contribution in [3.63, 3.8) is 0 Å². The third kappa shape index (κ3) is 1.70. The Morgan fingerprint density at radius 1 is 1.47 bits per heavy atom. The molecule has 3 rings (SSSR count). The molecule has 1 atom stereocenters. The third-order valence-electron chi connectivity index (χ3n) is 3.35. The first kappa shape index (κ1) is 11.8. The highest BCUT2D eigenvalue weighted by Crippen LogP contribution is 2.36. The van der Waals surface area contributed by atoms with Gasteiger partial charge in [0.2, 0.25) is 0 Å². The first-order valence-corrected chi connectivity index (χ1v) is 5.90. The monoisotopic (exact) mass is 259 g/mol. The lowest BCUT2D eigenvalue weighted by Gasteiger charge is -2.29. The predicted molar refractivity (Wildman–Crippen MR) is 70.4 cm³/mol. The highest BCUT2D eigenvalue weighted by molar-refractivity contribution is 6.06. The van der Waals surface area contributed by atoms with Gasteiger partial charge in [-0.15, -0.1) is 0 Å². The number of aliphatic hydroxyl groups is 1. The van der Waals surface area contributed by atoms with Gasteiger partial charge in [-0.1, -0.05) is 0 Å². The van der Waals surface area contributed by atoms with Crippen LogP contribution in [0.15, 0.2) is 24.4 Å². The van der Waals surface area contributed by atoms with E-state index in [-0.39, 0.29) is 12.2 Å². The van der Waals surface area contributed by atoms with E-state index in [2.05, 4.69) is 4.98 Å². The van der Waals surface area contributed by atoms with Crippen LogP contribution in [0, 0.1) is 0 Å². The number of hydrogen-bond donors (Lipinski definition) is 3. The highest BCUT2D eigenvalue weighted by Gasteiger charge is 2.28. The molecule has 1 aromatic carbocycles. The summed E-state index contributed by atoms with van der Waals surface area (Å²) >= 11 is 0. The molecular weight excluding hydrogens is 246 g/mol. The lowest BCUT2D eigenvalue weighted by Crippen LogP contribution is -2.35. The number of aromatic nitrogens is 1. The van der Waals surface area contributed by atoms with E-state index in [1.54, 1.807) is 25.1 Å². The molecular formula is C14H13NO4. The summed E-state index contributed by atoms with van der Waals surface area (Å²) in [4.78, 5) is 14.1. The number of nitrogens with one attached hydrogen (secondary N) is 1. The maximum absolute atomic E-state index is 11.1. The predicted octanol–water partition coefficient (Wildman–Crippen LogP) is 2.02. The smallest absolute Gasteiger partial charge is 0.337 e. The molecule has 1 aliphatic heterocycles. The van der Waals surface area contributed by atoms with Gasteiger partial charge in [0, 0.05) is 17.1 Å². The molecule has 3 N–H and O–H groups in total. The van der Waals surface area contributed by atoms with Crippen LogP contribution < -0.4 is 4.74 Å². The summed E-state index contributed by atoms with van der Waals surface area (Å²) in [6.07, 6.45) is 5.09. The minimum Gasteiger partial charge on any atom is -0.480 e. The normalized spacial score (nSPS) is 21.2. The van der Waals surface area contributed by atoms with E-state index in [1.165, 1.54) is 6.20 Å². The van der Waals surface area contributed by atoms with Crippen molar-refractivity contribution in [1.82, 2.24) is 4.98 Å². The average Bonchev–Trinajstić information content (AvgIpc) is 2.82. The van der Waals surface area contributed by atoms with Gasteiger partial charge < -0.3 is 19.9 Å². The quantitative estimate of drug-likeness (QED) is 0.770. The fourth-order valence-electron chi connectivity index (χ4n) is 2.26. The van der Waals surface area contributed by atoms with E-state index < -0.39 is 11.6 Å². The number of aromatic carboxylic acids is 1. The van der Waals surface area contributed by atoms with Crippen LogP contribution in [-0.4, -0.2) is 33.4 Å². The van der Waals surface area contributed by atoms with Crippen molar-refractivity contribution in [3.05, 3.63) is 35.5 Å². The van der Waals surface area contributed by atoms with Crippen molar-refractivity contribution in [2.45, 2.75) is 12.5 Å². The Kier molecular flexibility index (Phi) is 2.40. The van der Waals surface area contributed by atoms with E-state index in [9.17, 15) is 9.90 Å². The molecule has 0 saturated heterocycles. The van der Waals surface area contributed by atoms with Crippen molar-refractivity contribution >= 4 is 22.9 Å². The fraction of sp³-hybridized carbons (Fsp3) is 0.214. The van der Waals surface area contributed by atoms with Crippen molar-refractivity contribution in [3.8, 4) is 5.75 Å². The van der Waals surface area contributed by atoms with Gasteiger partial charge in [0.1, 0.15) is 11.4 Å². The zero-order valence-electron chi connectivity index (χ0n) is 10.3. The van der Waals surface area contributed by atoms with Crippen LogP contribution in [0.4, 0.5) is 0 Å². The van der Waals surface area contributed by atoms with Gasteiger partial charge in [-0.2, -0.15) is 0 Å². The number of carboxylic acids is 1. The first-order valence-electron chi connectivity index (χ1n) is 5.90. The molecule has 2 aromatic rings. The number of H-pyrrole nitrogens is 1. The summed E-state index contributed by atoms with van der Waals surface area (Å²) in [5, 5.41) is 19.0. The second-order valence-corrected chi connectivity index (χ2v) is 4.81. The summed E-state index contributed by atoms with van der Waals surface area (Å²) < 4.78 is 5.74. The van der Waals surface area contributed by atoms with Gasteiger partial charge in [0.15, 0.2) is 0 Å². The minimum atomic E-state index is -0.966. The van der Waals surface area contributed by atoms with Crippen LogP contribution in [0.3, 0.4) is 0 Å². The first-order chi connectivity index (χ1) is 9.04. The molecule has 5 nitrogen and oxygen atoms in total. The second kappa shape index (κ2) is 3.86. The van der Waals surface area contributed by atoms with Crippen LogP contribution in [-0.2, 0) is 0 Å². The molecule has 1 aromatic heterocycles. The molecule has 0 fully saturated rings. The molecule has 1 unspecified atom stereocenters. The second-order valence-electron chi connectivity index (χ2n) is 4.81. The number of aliphatic hydroxyl groups excluding tert-OH is 1. The summed E-state index contributed by atoms with van der Waals surface area (Å²) in [6, 6.07) is 3.44. The van der Waals surface area contributed by atoms with E-state index in [1.807, 2.05) is 6.08 Å². The maximum Gasteiger partial charge on any atom is 0.337 e. The number of aromatic amines is 1. The van der Waals surface area contributed by atoms with E-state index in [0.717, 1.165) is 11.1 Å². The molecule has 19 heavy (non-hydrogen) atoms. The molecule has 0 bridgehead atoms. The SMILES string of the molecule is CC1(CO)C=Cc2c(ccc3c(C(=O)O)c[nH]c23)O1. The lowest BCUT2D eigenvalue weighted by molar-refractivity contribution is 0.0642. The number of carbonyl (C=O) groups is 1. The zero-order valence-corrected chi connectivity index (χ0v) is 10.3. The third-order valence-corrected chi connectivity index (χ3v) is 3.35. The number of hydrogen-bond acceptors (Lipinski definition) is 3. The van der Waals surface area contributed by atoms with E-state index in [0.29, 0.717) is 11.1 Å². The Bertz CT molecular complexity index is 701. The summed E-state index contributed by atoms with van der Waals surface area (Å²) in [7, 11) is 0. The van der Waals surface area contributed by atoms with Gasteiger partial charge in [-0.3, -0.25) is 0 Å². The van der Waals surface area contributed by atoms with Crippen LogP contribution in [0.1, 0.15) is 22.8 Å². The molecule has 98 valence electrons. The van der Waals surface area contributed by atoms with Gasteiger partial charge in [0.05, 0.1) is 17.7 Å². The fourth-order valence-corrected chi connectivity index (χ4v) is 2.26. The van der Waals surface area contributed by atoms with Gasteiger partial charge in [-0.25, -0.2) is 4.79 Å².